The summed E-state index contributed by atoms with van der Waals surface area (Å²) in [7, 11) is 0. The zero-order chi connectivity index (χ0) is 22.1. The zero-order valence-electron chi connectivity index (χ0n) is 17.4. The smallest absolute Gasteiger partial charge is 0.435 e. The molecule has 0 aromatic carbocycles. The summed E-state index contributed by atoms with van der Waals surface area (Å²) in [6, 6.07) is 0. The van der Waals surface area contributed by atoms with Crippen molar-refractivity contribution in [3.63, 3.8) is 0 Å². The summed E-state index contributed by atoms with van der Waals surface area (Å²) in [4.78, 5) is 45.8. The number of hydrogen-bond acceptors (Lipinski definition) is 8. The lowest BCUT2D eigenvalue weighted by Crippen LogP contribution is -2.39. The van der Waals surface area contributed by atoms with Crippen LogP contribution in [0.5, 0.6) is 0 Å². The van der Waals surface area contributed by atoms with E-state index in [-0.39, 0.29) is 45.2 Å². The van der Waals surface area contributed by atoms with Crippen LogP contribution in [0.15, 0.2) is 0 Å². The molecule has 0 saturated carbocycles. The molecule has 0 heterocycles. The molecule has 0 rings (SSSR count). The van der Waals surface area contributed by atoms with Gasteiger partial charge in [0.05, 0.1) is 31.8 Å². The van der Waals surface area contributed by atoms with E-state index < -0.39 is 23.6 Å². The van der Waals surface area contributed by atoms with Crippen molar-refractivity contribution in [2.75, 3.05) is 26.4 Å². The van der Waals surface area contributed by atoms with E-state index in [1.807, 2.05) is 0 Å². The van der Waals surface area contributed by atoms with Crippen LogP contribution < -0.4 is 11.5 Å². The SMILES string of the molecule is CCOC(=O)OCCC(CCCCCCC(N)=O)(CCOC(=O)OCC)C(N)=O. The first kappa shape index (κ1) is 26.5. The van der Waals surface area contributed by atoms with Gasteiger partial charge in [-0.2, -0.15) is 0 Å². The molecule has 0 spiro atoms. The van der Waals surface area contributed by atoms with Gasteiger partial charge in [-0.3, -0.25) is 9.59 Å². The fourth-order valence-electron chi connectivity index (χ4n) is 2.84. The third kappa shape index (κ3) is 12.5. The molecule has 4 N–H and O–H groups in total. The van der Waals surface area contributed by atoms with Gasteiger partial charge in [0.2, 0.25) is 11.8 Å². The topological polar surface area (TPSA) is 157 Å². The molecule has 0 aliphatic carbocycles. The molecule has 0 radical (unpaired) electrons. The van der Waals surface area contributed by atoms with Gasteiger partial charge in [-0.05, 0) is 39.5 Å². The Labute approximate surface area is 171 Å². The summed E-state index contributed by atoms with van der Waals surface area (Å²) in [5.41, 5.74) is 9.76. The number of rotatable bonds is 16. The van der Waals surface area contributed by atoms with E-state index in [1.54, 1.807) is 13.8 Å². The summed E-state index contributed by atoms with van der Waals surface area (Å²) < 4.78 is 19.3. The highest BCUT2D eigenvalue weighted by Gasteiger charge is 2.36. The Morgan fingerprint density at radius 1 is 0.690 bits per heavy atom. The molecular weight excluding hydrogens is 384 g/mol. The lowest BCUT2D eigenvalue weighted by Gasteiger charge is -2.30. The Balaban J connectivity index is 4.79. The van der Waals surface area contributed by atoms with Gasteiger partial charge in [-0.1, -0.05) is 19.3 Å². The van der Waals surface area contributed by atoms with Crippen molar-refractivity contribution in [1.29, 1.82) is 0 Å². The monoisotopic (exact) mass is 418 g/mol. The van der Waals surface area contributed by atoms with Crippen LogP contribution in [-0.4, -0.2) is 50.6 Å². The summed E-state index contributed by atoms with van der Waals surface area (Å²) in [5, 5.41) is 0. The number of carbonyl (C=O) groups excluding carboxylic acids is 4. The van der Waals surface area contributed by atoms with Gasteiger partial charge in [-0.25, -0.2) is 9.59 Å². The van der Waals surface area contributed by atoms with Gasteiger partial charge in [-0.15, -0.1) is 0 Å². The van der Waals surface area contributed by atoms with Gasteiger partial charge in [0, 0.05) is 6.42 Å². The fraction of sp³-hybridized carbons (Fsp3) is 0.789. The first-order valence-electron chi connectivity index (χ1n) is 9.94. The van der Waals surface area contributed by atoms with Crippen molar-refractivity contribution in [3.8, 4) is 0 Å². The molecule has 29 heavy (non-hydrogen) atoms. The van der Waals surface area contributed by atoms with Gasteiger partial charge in [0.25, 0.3) is 0 Å². The van der Waals surface area contributed by atoms with Crippen molar-refractivity contribution in [2.24, 2.45) is 16.9 Å². The Hall–Kier alpha value is -2.52. The van der Waals surface area contributed by atoms with Crippen LogP contribution in [0.3, 0.4) is 0 Å². The summed E-state index contributed by atoms with van der Waals surface area (Å²) >= 11 is 0. The minimum absolute atomic E-state index is 0.0527. The first-order chi connectivity index (χ1) is 13.8. The first-order valence-corrected chi connectivity index (χ1v) is 9.94. The number of amides is 2. The molecule has 2 amide bonds. The largest absolute Gasteiger partial charge is 0.508 e. The third-order valence-corrected chi connectivity index (χ3v) is 4.48. The second-order valence-electron chi connectivity index (χ2n) is 6.59. The molecule has 0 aromatic rings. The standard InChI is InChI=1S/C19H34N2O8/c1-3-26-17(24)28-13-11-19(16(21)23,12-14-29-18(25)27-4-2)10-8-6-5-7-9-15(20)22/h3-14H2,1-2H3,(H2,20,22)(H2,21,23). The highest BCUT2D eigenvalue weighted by Crippen LogP contribution is 2.33. The van der Waals surface area contributed by atoms with Crippen molar-refractivity contribution >= 4 is 24.1 Å². The van der Waals surface area contributed by atoms with Crippen molar-refractivity contribution in [1.82, 2.24) is 0 Å². The summed E-state index contributed by atoms with van der Waals surface area (Å²) in [5.74, 6) is -0.904. The van der Waals surface area contributed by atoms with E-state index in [0.717, 1.165) is 12.8 Å². The van der Waals surface area contributed by atoms with E-state index in [9.17, 15) is 19.2 Å². The van der Waals surface area contributed by atoms with E-state index in [1.165, 1.54) is 0 Å². The van der Waals surface area contributed by atoms with E-state index in [0.29, 0.717) is 25.7 Å². The molecule has 0 atom stereocenters. The predicted molar refractivity (Wildman–Crippen MR) is 104 cm³/mol. The zero-order valence-corrected chi connectivity index (χ0v) is 17.4. The van der Waals surface area contributed by atoms with Crippen LogP contribution in [0, 0.1) is 5.41 Å². The van der Waals surface area contributed by atoms with Crippen LogP contribution in [0.2, 0.25) is 0 Å². The molecule has 0 fully saturated rings. The fourth-order valence-corrected chi connectivity index (χ4v) is 2.84. The van der Waals surface area contributed by atoms with Crippen LogP contribution in [0.1, 0.15) is 65.2 Å². The Bertz CT molecular complexity index is 500. The Morgan fingerprint density at radius 2 is 1.17 bits per heavy atom. The summed E-state index contributed by atoms with van der Waals surface area (Å²) in [6.07, 6.45) is 2.37. The number of unbranched alkanes of at least 4 members (excludes halogenated alkanes) is 3. The maximum absolute atomic E-state index is 12.3. The quantitative estimate of drug-likeness (QED) is 0.286. The predicted octanol–water partition coefficient (Wildman–Crippen LogP) is 2.41. The third-order valence-electron chi connectivity index (χ3n) is 4.48. The second-order valence-corrected chi connectivity index (χ2v) is 6.59. The highest BCUT2D eigenvalue weighted by molar-refractivity contribution is 5.80. The minimum Gasteiger partial charge on any atom is -0.435 e. The number of primary amides is 2. The van der Waals surface area contributed by atoms with Gasteiger partial charge in [0.15, 0.2) is 0 Å². The van der Waals surface area contributed by atoms with E-state index in [2.05, 4.69) is 0 Å². The summed E-state index contributed by atoms with van der Waals surface area (Å²) in [6.45, 7) is 3.56. The minimum atomic E-state index is -1.01. The van der Waals surface area contributed by atoms with E-state index in [4.69, 9.17) is 30.4 Å². The van der Waals surface area contributed by atoms with Crippen LogP contribution in [-0.2, 0) is 28.5 Å². The van der Waals surface area contributed by atoms with Crippen molar-refractivity contribution in [2.45, 2.75) is 65.2 Å². The second kappa shape index (κ2) is 15.4. The average Bonchev–Trinajstić information content (AvgIpc) is 2.64. The van der Waals surface area contributed by atoms with Crippen LogP contribution >= 0.6 is 0 Å². The molecule has 168 valence electrons. The van der Waals surface area contributed by atoms with E-state index >= 15 is 0 Å². The lowest BCUT2D eigenvalue weighted by molar-refractivity contribution is -0.130. The van der Waals surface area contributed by atoms with Gasteiger partial charge in [0.1, 0.15) is 0 Å². The molecule has 10 heteroatoms. The van der Waals surface area contributed by atoms with Crippen LogP contribution in [0.4, 0.5) is 9.59 Å². The number of ether oxygens (including phenoxy) is 4. The molecule has 0 saturated heterocycles. The molecule has 0 bridgehead atoms. The van der Waals surface area contributed by atoms with Crippen LogP contribution in [0.25, 0.3) is 0 Å². The molecule has 0 aromatic heterocycles. The maximum atomic E-state index is 12.3. The van der Waals surface area contributed by atoms with Gasteiger partial charge >= 0.3 is 12.3 Å². The molecule has 0 unspecified atom stereocenters. The lowest BCUT2D eigenvalue weighted by atomic mass is 9.76. The van der Waals surface area contributed by atoms with Gasteiger partial charge < -0.3 is 30.4 Å². The number of carbonyl (C=O) groups is 4. The number of nitrogens with two attached hydrogens (primary N) is 2. The number of hydrogen-bond donors (Lipinski definition) is 2. The Kier molecular flexibility index (Phi) is 14.1. The van der Waals surface area contributed by atoms with Crippen molar-refractivity contribution in [3.05, 3.63) is 0 Å². The Morgan fingerprint density at radius 3 is 1.59 bits per heavy atom. The highest BCUT2D eigenvalue weighted by atomic mass is 16.7. The van der Waals surface area contributed by atoms with Crippen molar-refractivity contribution < 1.29 is 38.1 Å². The molecular formula is C19H34N2O8. The average molecular weight is 418 g/mol. The normalized spacial score (nSPS) is 10.8. The molecule has 0 aliphatic heterocycles. The molecule has 10 nitrogen and oxygen atoms in total. The molecule has 0 aliphatic rings. The maximum Gasteiger partial charge on any atom is 0.508 e.